The van der Waals surface area contributed by atoms with Crippen molar-refractivity contribution in [2.24, 2.45) is 0 Å². The number of alkyl halides is 3. The maximum absolute atomic E-state index is 12.9. The number of carbonyl (C=O) groups excluding carboxylic acids is 1. The molecule has 1 aliphatic rings. The predicted octanol–water partition coefficient (Wildman–Crippen LogP) is 6.68. The van der Waals surface area contributed by atoms with Crippen molar-refractivity contribution in [2.75, 3.05) is 11.9 Å². The van der Waals surface area contributed by atoms with Crippen molar-refractivity contribution in [3.63, 3.8) is 0 Å². The Kier molecular flexibility index (Phi) is 6.95. The molecule has 0 aromatic heterocycles. The zero-order valence-corrected chi connectivity index (χ0v) is 16.9. The van der Waals surface area contributed by atoms with Gasteiger partial charge in [0.25, 0.3) is 0 Å². The Balaban J connectivity index is 0.000000229. The van der Waals surface area contributed by atoms with Gasteiger partial charge in [-0.3, -0.25) is 0 Å². The monoisotopic (exact) mass is 430 g/mol. The maximum atomic E-state index is 12.9. The molecule has 1 heterocycles. The Morgan fingerprint density at radius 1 is 0.935 bits per heavy atom. The third-order valence-electron chi connectivity index (χ3n) is 4.93. The van der Waals surface area contributed by atoms with E-state index in [1.54, 1.807) is 23.1 Å². The van der Waals surface area contributed by atoms with Gasteiger partial charge >= 0.3 is 12.2 Å². The van der Waals surface area contributed by atoms with Gasteiger partial charge in [-0.05, 0) is 41.3 Å². The van der Waals surface area contributed by atoms with Crippen LogP contribution in [0, 0.1) is 5.82 Å². The van der Waals surface area contributed by atoms with Crippen LogP contribution in [0.25, 0.3) is 0 Å². The molecule has 3 aromatic rings. The molecule has 1 N–H and O–H groups in total. The van der Waals surface area contributed by atoms with Gasteiger partial charge in [-0.15, -0.1) is 0 Å². The summed E-state index contributed by atoms with van der Waals surface area (Å²) in [7, 11) is 0. The zero-order valence-electron chi connectivity index (χ0n) is 16.9. The molecule has 4 rings (SSSR count). The van der Waals surface area contributed by atoms with E-state index in [1.165, 1.54) is 35.4 Å². The van der Waals surface area contributed by atoms with Gasteiger partial charge in [0.05, 0.1) is 5.56 Å². The Morgan fingerprint density at radius 3 is 2.16 bits per heavy atom. The first kappa shape index (κ1) is 22.3. The topological polar surface area (TPSA) is 32.3 Å². The number of amides is 2. The molecule has 162 valence electrons. The first-order chi connectivity index (χ1) is 14.7. The molecule has 0 saturated carbocycles. The fourth-order valence-electron chi connectivity index (χ4n) is 3.38. The van der Waals surface area contributed by atoms with E-state index in [1.807, 2.05) is 12.1 Å². The van der Waals surface area contributed by atoms with Crippen LogP contribution in [0.4, 0.5) is 28.0 Å². The van der Waals surface area contributed by atoms with Crippen LogP contribution in [0.2, 0.25) is 0 Å². The number of urea groups is 1. The van der Waals surface area contributed by atoms with Gasteiger partial charge in [-0.25, -0.2) is 9.18 Å². The van der Waals surface area contributed by atoms with E-state index in [2.05, 4.69) is 24.4 Å². The number of rotatable bonds is 1. The van der Waals surface area contributed by atoms with E-state index in [4.69, 9.17) is 0 Å². The molecule has 7 heteroatoms. The number of anilines is 1. The van der Waals surface area contributed by atoms with Gasteiger partial charge in [0.2, 0.25) is 0 Å². The van der Waals surface area contributed by atoms with Crippen molar-refractivity contribution in [1.29, 1.82) is 0 Å². The maximum Gasteiger partial charge on any atom is 0.416 e. The largest absolute Gasteiger partial charge is 0.416 e. The molecule has 1 atom stereocenters. The molecule has 0 bridgehead atoms. The SMILES string of the molecule is CC1CN(C(=O)Nc2ccc(F)cc2)Cc2ccccc21.FC(F)(F)c1ccccc1. The van der Waals surface area contributed by atoms with Crippen LogP contribution in [0.3, 0.4) is 0 Å². The van der Waals surface area contributed by atoms with Gasteiger partial charge in [0.1, 0.15) is 5.82 Å². The Bertz CT molecular complexity index is 1000. The molecule has 0 fully saturated rings. The van der Waals surface area contributed by atoms with Gasteiger partial charge in [-0.2, -0.15) is 13.2 Å². The summed E-state index contributed by atoms with van der Waals surface area (Å²) in [5, 5.41) is 2.81. The first-order valence-corrected chi connectivity index (χ1v) is 9.75. The van der Waals surface area contributed by atoms with Crippen LogP contribution < -0.4 is 5.32 Å². The number of halogens is 4. The van der Waals surface area contributed by atoms with Gasteiger partial charge in [-0.1, -0.05) is 61.5 Å². The van der Waals surface area contributed by atoms with Crippen molar-refractivity contribution in [3.8, 4) is 0 Å². The first-order valence-electron chi connectivity index (χ1n) is 9.75. The summed E-state index contributed by atoms with van der Waals surface area (Å²) in [4.78, 5) is 14.1. The van der Waals surface area contributed by atoms with Gasteiger partial charge in [0, 0.05) is 18.8 Å². The van der Waals surface area contributed by atoms with Crippen LogP contribution in [0.15, 0.2) is 78.9 Å². The lowest BCUT2D eigenvalue weighted by molar-refractivity contribution is -0.137. The molecular weight excluding hydrogens is 408 g/mol. The van der Waals surface area contributed by atoms with Crippen LogP contribution >= 0.6 is 0 Å². The van der Waals surface area contributed by atoms with Crippen LogP contribution in [0.5, 0.6) is 0 Å². The lowest BCUT2D eigenvalue weighted by Crippen LogP contribution is -2.40. The van der Waals surface area contributed by atoms with Crippen LogP contribution in [0.1, 0.15) is 29.5 Å². The predicted molar refractivity (Wildman–Crippen MR) is 112 cm³/mol. The summed E-state index contributed by atoms with van der Waals surface area (Å²) in [6.45, 7) is 3.41. The van der Waals surface area contributed by atoms with Crippen molar-refractivity contribution in [2.45, 2.75) is 25.6 Å². The highest BCUT2D eigenvalue weighted by atomic mass is 19.4. The standard InChI is InChI=1S/C17H17FN2O.C7H5F3/c1-12-10-20(11-13-4-2-3-5-16(12)13)17(21)19-15-8-6-14(18)7-9-15;8-7(9,10)6-4-2-1-3-5-6/h2-9,12H,10-11H2,1H3,(H,19,21);1-5H. The van der Waals surface area contributed by atoms with Crippen molar-refractivity contribution in [3.05, 3.63) is 101 Å². The third-order valence-corrected chi connectivity index (χ3v) is 4.93. The summed E-state index contributed by atoms with van der Waals surface area (Å²) in [6, 6.07) is 20.2. The number of nitrogens with one attached hydrogen (secondary N) is 1. The molecule has 1 unspecified atom stereocenters. The fraction of sp³-hybridized carbons (Fsp3) is 0.208. The van der Waals surface area contributed by atoms with Crippen LogP contribution in [-0.4, -0.2) is 17.5 Å². The van der Waals surface area contributed by atoms with Gasteiger partial charge < -0.3 is 10.2 Å². The average molecular weight is 430 g/mol. The highest BCUT2D eigenvalue weighted by Gasteiger charge is 2.29. The molecule has 0 radical (unpaired) electrons. The van der Waals surface area contributed by atoms with Crippen molar-refractivity contribution >= 4 is 11.7 Å². The lowest BCUT2D eigenvalue weighted by Gasteiger charge is -2.33. The number of carbonyl (C=O) groups is 1. The van der Waals surface area contributed by atoms with Crippen molar-refractivity contribution in [1.82, 2.24) is 4.90 Å². The molecule has 3 nitrogen and oxygen atoms in total. The number of benzene rings is 3. The van der Waals surface area contributed by atoms with E-state index in [0.29, 0.717) is 24.7 Å². The summed E-state index contributed by atoms with van der Waals surface area (Å²) < 4.78 is 48.2. The average Bonchev–Trinajstić information content (AvgIpc) is 2.76. The Morgan fingerprint density at radius 2 is 1.55 bits per heavy atom. The third kappa shape index (κ3) is 6.07. The normalized spacial score (nSPS) is 15.4. The van der Waals surface area contributed by atoms with E-state index >= 15 is 0 Å². The molecule has 3 aromatic carbocycles. The molecule has 0 saturated heterocycles. The van der Waals surface area contributed by atoms with Gasteiger partial charge in [0.15, 0.2) is 0 Å². The van der Waals surface area contributed by atoms with E-state index in [-0.39, 0.29) is 11.8 Å². The minimum absolute atomic E-state index is 0.150. The number of fused-ring (bicyclic) bond motifs is 1. The molecule has 0 spiro atoms. The number of nitrogens with zero attached hydrogens (tertiary/aromatic N) is 1. The van der Waals surface area contributed by atoms with Crippen LogP contribution in [-0.2, 0) is 12.7 Å². The number of hydrogen-bond donors (Lipinski definition) is 1. The summed E-state index contributed by atoms with van der Waals surface area (Å²) >= 11 is 0. The highest BCUT2D eigenvalue weighted by molar-refractivity contribution is 5.89. The smallest absolute Gasteiger partial charge is 0.320 e. The molecule has 1 aliphatic heterocycles. The van der Waals surface area contributed by atoms with E-state index < -0.39 is 11.7 Å². The molecular formula is C24H22F4N2O. The Labute approximate surface area is 178 Å². The van der Waals surface area contributed by atoms with E-state index in [0.717, 1.165) is 12.1 Å². The zero-order chi connectivity index (χ0) is 22.4. The minimum Gasteiger partial charge on any atom is -0.320 e. The summed E-state index contributed by atoms with van der Waals surface area (Å²) in [6.07, 6.45) is -4.21. The minimum atomic E-state index is -4.21. The second-order valence-electron chi connectivity index (χ2n) is 7.28. The number of hydrogen-bond acceptors (Lipinski definition) is 1. The fourth-order valence-corrected chi connectivity index (χ4v) is 3.38. The highest BCUT2D eigenvalue weighted by Crippen LogP contribution is 2.29. The summed E-state index contributed by atoms with van der Waals surface area (Å²) in [5.74, 6) is 0.00226. The molecule has 31 heavy (non-hydrogen) atoms. The van der Waals surface area contributed by atoms with Crippen molar-refractivity contribution < 1.29 is 22.4 Å². The second kappa shape index (κ2) is 9.64. The van der Waals surface area contributed by atoms with E-state index in [9.17, 15) is 22.4 Å². The second-order valence-corrected chi connectivity index (χ2v) is 7.28. The quantitative estimate of drug-likeness (QED) is 0.429. The molecule has 0 aliphatic carbocycles. The lowest BCUT2D eigenvalue weighted by atomic mass is 9.91. The Hall–Kier alpha value is -3.35. The summed E-state index contributed by atoms with van der Waals surface area (Å²) in [5.41, 5.74) is 2.50. The molecule has 2 amide bonds.